The number of aryl methyl sites for hydroxylation is 1. The third kappa shape index (κ3) is 26.4. The van der Waals surface area contributed by atoms with Gasteiger partial charge in [0.1, 0.15) is 31.7 Å². The van der Waals surface area contributed by atoms with Gasteiger partial charge in [-0.05, 0) is 269 Å². The van der Waals surface area contributed by atoms with E-state index in [1.54, 1.807) is 47.1 Å². The van der Waals surface area contributed by atoms with Gasteiger partial charge >= 0.3 is 48.4 Å². The number of thiophene rings is 5. The number of nitrogens with zero attached hydrogens (tertiary/aromatic N) is 2. The number of carbonyl (C=O) groups excluding carboxylic acids is 4. The Morgan fingerprint density at radius 2 is 0.796 bits per heavy atom. The molecule has 0 fully saturated rings. The van der Waals surface area contributed by atoms with Crippen LogP contribution in [0.3, 0.4) is 0 Å². The Bertz CT molecular complexity index is 4820. The average Bonchev–Trinajstić information content (AvgIpc) is 1.70. The van der Waals surface area contributed by atoms with Crippen LogP contribution in [0.5, 0.6) is 11.5 Å². The summed E-state index contributed by atoms with van der Waals surface area (Å²) < 4.78 is 146. The number of hydrogen-bond acceptors (Lipinski definition) is 18. The number of carboxylic acids is 1. The highest BCUT2D eigenvalue weighted by molar-refractivity contribution is 9.10. The highest BCUT2D eigenvalue weighted by Gasteiger charge is 2.33. The first kappa shape index (κ1) is 93.2. The van der Waals surface area contributed by atoms with E-state index in [0.717, 1.165) is 156 Å². The second-order valence-corrected chi connectivity index (χ2v) is 32.1. The van der Waals surface area contributed by atoms with E-state index < -0.39 is 58.7 Å². The van der Waals surface area contributed by atoms with Gasteiger partial charge in [0.25, 0.3) is 0 Å². The molecule has 0 unspecified atom stereocenters. The van der Waals surface area contributed by atoms with Gasteiger partial charge in [0.05, 0.1) is 38.0 Å². The minimum absolute atomic E-state index is 0. The summed E-state index contributed by atoms with van der Waals surface area (Å²) in [5, 5.41) is 18.3. The molecule has 0 saturated heterocycles. The number of halogens is 10. The van der Waals surface area contributed by atoms with Crippen molar-refractivity contribution in [3.63, 3.8) is 0 Å². The summed E-state index contributed by atoms with van der Waals surface area (Å²) in [5.74, 6) is -1.11. The Morgan fingerprint density at radius 1 is 0.442 bits per heavy atom. The van der Waals surface area contributed by atoms with Gasteiger partial charge in [0, 0.05) is 58.9 Å². The van der Waals surface area contributed by atoms with Crippen LogP contribution < -0.4 is 9.47 Å². The van der Waals surface area contributed by atoms with Crippen molar-refractivity contribution >= 4 is 102 Å². The van der Waals surface area contributed by atoms with E-state index in [9.17, 15) is 63.5 Å². The maximum absolute atomic E-state index is 12.9. The molecule has 5 aromatic carbocycles. The molecule has 2 aliphatic rings. The van der Waals surface area contributed by atoms with Crippen LogP contribution in [0.2, 0.25) is 0 Å². The molecule has 1 N–H and O–H groups in total. The van der Waals surface area contributed by atoms with Crippen molar-refractivity contribution in [2.24, 2.45) is 0 Å². The van der Waals surface area contributed by atoms with Crippen LogP contribution >= 0.6 is 72.6 Å². The van der Waals surface area contributed by atoms with Crippen molar-refractivity contribution in [3.8, 4) is 44.9 Å². The summed E-state index contributed by atoms with van der Waals surface area (Å²) in [6.07, 6.45) is -9.49. The van der Waals surface area contributed by atoms with Crippen molar-refractivity contribution in [2.75, 3.05) is 60.7 Å². The van der Waals surface area contributed by atoms with Gasteiger partial charge in [-0.1, -0.05) is 63.4 Å². The monoisotopic (exact) mass is 1730 g/mol. The van der Waals surface area contributed by atoms with Gasteiger partial charge < -0.3 is 33.5 Å². The number of alkyl halides is 9. The number of ether oxygens (including phenoxy) is 6. The molecule has 0 bridgehead atoms. The molecule has 0 aliphatic carbocycles. The average molecular weight is 1730 g/mol. The number of fused-ring (bicyclic) bond motifs is 2. The molecule has 14 nitrogen and oxygen atoms in total. The van der Waals surface area contributed by atoms with Crippen LogP contribution in [0.15, 0.2) is 147 Å². The van der Waals surface area contributed by atoms with Crippen LogP contribution in [0.1, 0.15) is 141 Å². The topological polar surface area (TPSA) is 167 Å². The number of aliphatic carboxylic acids is 1. The fourth-order valence-electron chi connectivity index (χ4n) is 11.7. The number of methoxy groups -OCH3 is 3. The number of hydrogen-bond donors (Lipinski definition) is 1. The number of benzene rings is 5. The Kier molecular flexibility index (Phi) is 34.3. The number of carboxylic acid groups (broad SMARTS) is 1. The van der Waals surface area contributed by atoms with Gasteiger partial charge in [-0.25, -0.2) is 24.0 Å². The van der Waals surface area contributed by atoms with Crippen molar-refractivity contribution in [1.82, 2.24) is 9.80 Å². The van der Waals surface area contributed by atoms with Crippen molar-refractivity contribution in [1.29, 1.82) is 0 Å². The number of rotatable bonds is 16. The summed E-state index contributed by atoms with van der Waals surface area (Å²) >= 11 is 10.6. The minimum atomic E-state index is -4.35. The van der Waals surface area contributed by atoms with Crippen LogP contribution in [-0.2, 0) is 85.8 Å². The summed E-state index contributed by atoms with van der Waals surface area (Å²) in [4.78, 5) is 65.2. The zero-order valence-electron chi connectivity index (χ0n) is 62.5. The highest BCUT2D eigenvalue weighted by Crippen LogP contribution is 2.40. The number of carbonyl (C=O) groups is 5. The van der Waals surface area contributed by atoms with E-state index >= 15 is 0 Å². The Labute approximate surface area is 681 Å². The summed E-state index contributed by atoms with van der Waals surface area (Å²) in [7, 11) is 4.07. The molecule has 0 atom stereocenters. The first-order valence-electron chi connectivity index (χ1n) is 34.5. The van der Waals surface area contributed by atoms with E-state index in [1.807, 2.05) is 106 Å². The molecular weight excluding hydrogens is 1640 g/mol. The lowest BCUT2D eigenvalue weighted by Gasteiger charge is -2.19. The van der Waals surface area contributed by atoms with Crippen molar-refractivity contribution in [3.05, 3.63) is 238 Å². The lowest BCUT2D eigenvalue weighted by atomic mass is 10.0. The van der Waals surface area contributed by atoms with E-state index in [-0.39, 0.29) is 40.0 Å². The Hall–Kier alpha value is -8.68. The standard InChI is InChI=1S/C29H32F3NO3S.C25H24F3NO3S.C14H11F3O2S.C7H7BrO2S.C7H8O2S.2CH4/c1-19-25(21-5-8-23(9-6-21)29(30,31)32)18-37-26(19)16-33-13-11-20-7-10-24(15-22(20)12-14-33)35-17-27(34)36-28(2,3)4;1-16-22(18-2-5-20(6-3-18)25(26,27)28)15-33-23(16)13-29-10-8-17-4-7-21(32-14-24(30)31)12-19(17)9-11-29;1-8-11(7-20-12(8)13(18)19-2)9-3-5-10(6-4-9)14(15,16)17;1-4-5(8)3-11-6(4)7(9)10-2;1-5-3-4-10-6(5)7(8)9-2;;/h5-10,15,18H,11-14,16-17H2,1-4H3;2-7,12,15H,8-11,13-14H2,1H3,(H,30,31);3-7H,1-2H3;3H,1-2H3;3-4H,1-2H3;2*1H4. The molecule has 0 amide bonds. The van der Waals surface area contributed by atoms with E-state index in [4.69, 9.17) is 19.3 Å². The van der Waals surface area contributed by atoms with E-state index in [0.29, 0.717) is 37.3 Å². The van der Waals surface area contributed by atoms with Crippen LogP contribution in [0.4, 0.5) is 39.5 Å². The third-order valence-electron chi connectivity index (χ3n) is 17.9. The lowest BCUT2D eigenvalue weighted by molar-refractivity contribution is -0.157. The van der Waals surface area contributed by atoms with Gasteiger partial charge in [-0.15, -0.1) is 56.7 Å². The fraction of sp³-hybridized carbons (Fsp3) is 0.345. The molecular formula is C84H90BrF9N2O12S5. The van der Waals surface area contributed by atoms with Crippen LogP contribution in [-0.4, -0.2) is 111 Å². The summed E-state index contributed by atoms with van der Waals surface area (Å²) in [6, 6.07) is 29.2. The van der Waals surface area contributed by atoms with E-state index in [2.05, 4.69) is 46.0 Å². The molecule has 10 aromatic rings. The van der Waals surface area contributed by atoms with Crippen molar-refractivity contribution < 1.29 is 97.0 Å². The SMILES string of the molecule is C.C.COC(=O)c1scc(-c2ccc(C(F)(F)F)cc2)c1C.COC(=O)c1scc(Br)c1C.COC(=O)c1sccc1C.Cc1c(-c2ccc(C(F)(F)F)cc2)csc1CN1CCc2ccc(OCC(=O)O)cc2CC1.Cc1c(-c2ccc(C(F)(F)F)cc2)csc1CN1CCc2ccc(OCC(=O)OC(C)(C)C)cc2CC1. The predicted molar refractivity (Wildman–Crippen MR) is 434 cm³/mol. The zero-order valence-corrected chi connectivity index (χ0v) is 68.2. The van der Waals surface area contributed by atoms with Gasteiger partial charge in [-0.3, -0.25) is 9.80 Å². The Morgan fingerprint density at radius 3 is 1.14 bits per heavy atom. The first-order valence-corrected chi connectivity index (χ1v) is 39.7. The molecule has 5 aromatic heterocycles. The second-order valence-electron chi connectivity index (χ2n) is 26.6. The first-order chi connectivity index (χ1) is 52.3. The Balaban J connectivity index is 0.000000237. The quantitative estimate of drug-likeness (QED) is 0.0551. The van der Waals surface area contributed by atoms with Gasteiger partial charge in [0.2, 0.25) is 0 Å². The van der Waals surface area contributed by atoms with E-state index in [1.165, 1.54) is 112 Å². The highest BCUT2D eigenvalue weighted by atomic mass is 79.9. The van der Waals surface area contributed by atoms with Gasteiger partial charge in [-0.2, -0.15) is 39.5 Å². The lowest BCUT2D eigenvalue weighted by Crippen LogP contribution is -2.27. The molecule has 0 saturated carbocycles. The predicted octanol–water partition coefficient (Wildman–Crippen LogP) is 23.1. The molecule has 608 valence electrons. The molecule has 7 heterocycles. The molecule has 0 radical (unpaired) electrons. The largest absolute Gasteiger partial charge is 0.482 e. The maximum atomic E-state index is 12.9. The zero-order chi connectivity index (χ0) is 81.3. The third-order valence-corrected chi connectivity index (χ3v) is 24.3. The molecule has 2 aliphatic heterocycles. The normalized spacial score (nSPS) is 12.9. The maximum Gasteiger partial charge on any atom is 0.416 e. The molecule has 29 heteroatoms. The smallest absolute Gasteiger partial charge is 0.416 e. The minimum Gasteiger partial charge on any atom is -0.482 e. The second kappa shape index (κ2) is 41.6. The molecule has 113 heavy (non-hydrogen) atoms. The van der Waals surface area contributed by atoms with Gasteiger partial charge in [0.15, 0.2) is 13.2 Å². The fourth-order valence-corrected chi connectivity index (χ4v) is 17.3. The number of esters is 4. The molecule has 0 spiro atoms. The van der Waals surface area contributed by atoms with Crippen LogP contribution in [0, 0.1) is 34.6 Å². The summed E-state index contributed by atoms with van der Waals surface area (Å²) in [5.41, 5.74) is 12.2. The molecule has 12 rings (SSSR count). The van der Waals surface area contributed by atoms with Crippen molar-refractivity contribution in [2.45, 2.75) is 133 Å². The van der Waals surface area contributed by atoms with Crippen LogP contribution in [0.25, 0.3) is 33.4 Å². The summed E-state index contributed by atoms with van der Waals surface area (Å²) in [6.45, 7) is 19.7.